The average molecular weight is 348 g/mol. The van der Waals surface area contributed by atoms with Crippen LogP contribution in [0.1, 0.15) is 5.56 Å². The van der Waals surface area contributed by atoms with E-state index in [4.69, 9.17) is 4.74 Å². The maximum Gasteiger partial charge on any atom is 0.271 e. The molecule has 0 heterocycles. The summed E-state index contributed by atoms with van der Waals surface area (Å²) in [6.07, 6.45) is 3.10. The van der Waals surface area contributed by atoms with Crippen molar-refractivity contribution in [2.24, 2.45) is 0 Å². The number of nitrogens with one attached hydrogen (secondary N) is 1. The predicted molar refractivity (Wildman–Crippen MR) is 101 cm³/mol. The topological polar surface area (TPSA) is 81.5 Å². The van der Waals surface area contributed by atoms with Gasteiger partial charge in [0.1, 0.15) is 5.75 Å². The molecule has 1 N–H and O–H groups in total. The minimum atomic E-state index is -0.527. The van der Waals surface area contributed by atoms with Gasteiger partial charge in [0.05, 0.1) is 17.7 Å². The van der Waals surface area contributed by atoms with Crippen LogP contribution in [0.5, 0.6) is 5.75 Å². The lowest BCUT2D eigenvalue weighted by atomic mass is 10.0. The third kappa shape index (κ3) is 3.70. The average Bonchev–Trinajstić information content (AvgIpc) is 2.66. The fourth-order valence-corrected chi connectivity index (χ4v) is 2.64. The van der Waals surface area contributed by atoms with Crippen molar-refractivity contribution in [3.8, 4) is 5.75 Å². The first-order valence-corrected chi connectivity index (χ1v) is 7.88. The fraction of sp³-hybridized carbons (Fsp3) is 0.0500. The highest BCUT2D eigenvalue weighted by Crippen LogP contribution is 2.29. The summed E-state index contributed by atoms with van der Waals surface area (Å²) in [5.74, 6) is -0.0563. The van der Waals surface area contributed by atoms with Gasteiger partial charge in [0, 0.05) is 18.2 Å². The molecule has 0 unspecified atom stereocenters. The number of carbonyl (C=O) groups excluding carboxylic acids is 1. The predicted octanol–water partition coefficient (Wildman–Crippen LogP) is 4.41. The molecule has 3 aromatic carbocycles. The van der Waals surface area contributed by atoms with Crippen LogP contribution in [0, 0.1) is 10.1 Å². The van der Waals surface area contributed by atoms with E-state index >= 15 is 0 Å². The van der Waals surface area contributed by atoms with Gasteiger partial charge in [0.15, 0.2) is 0 Å². The number of fused-ring (bicyclic) bond motifs is 1. The van der Waals surface area contributed by atoms with Crippen LogP contribution in [0.3, 0.4) is 0 Å². The molecule has 130 valence electrons. The van der Waals surface area contributed by atoms with Gasteiger partial charge < -0.3 is 10.1 Å². The molecule has 0 atom stereocenters. The van der Waals surface area contributed by atoms with Crippen LogP contribution in [-0.2, 0) is 4.79 Å². The number of ether oxygens (including phenoxy) is 1. The second-order valence-corrected chi connectivity index (χ2v) is 5.53. The van der Waals surface area contributed by atoms with Gasteiger partial charge in [-0.2, -0.15) is 0 Å². The Morgan fingerprint density at radius 1 is 1.12 bits per heavy atom. The second-order valence-electron chi connectivity index (χ2n) is 5.53. The third-order valence-corrected chi connectivity index (χ3v) is 3.89. The number of methoxy groups -OCH3 is 1. The quantitative estimate of drug-likeness (QED) is 0.421. The van der Waals surface area contributed by atoms with E-state index in [0.717, 1.165) is 16.3 Å². The van der Waals surface area contributed by atoms with Crippen molar-refractivity contribution in [2.75, 3.05) is 12.4 Å². The first kappa shape index (κ1) is 17.2. The lowest BCUT2D eigenvalue weighted by Gasteiger charge is -2.08. The summed E-state index contributed by atoms with van der Waals surface area (Å²) >= 11 is 0. The number of hydrogen-bond acceptors (Lipinski definition) is 4. The number of nitro benzene ring substituents is 1. The van der Waals surface area contributed by atoms with E-state index in [1.165, 1.54) is 31.4 Å². The summed E-state index contributed by atoms with van der Waals surface area (Å²) in [7, 11) is 1.43. The maximum atomic E-state index is 12.2. The molecule has 0 aromatic heterocycles. The smallest absolute Gasteiger partial charge is 0.271 e. The Bertz CT molecular complexity index is 1010. The highest BCUT2D eigenvalue weighted by atomic mass is 16.6. The van der Waals surface area contributed by atoms with E-state index in [1.54, 1.807) is 6.08 Å². The second kappa shape index (κ2) is 7.48. The van der Waals surface area contributed by atoms with Crippen molar-refractivity contribution in [1.82, 2.24) is 0 Å². The lowest BCUT2D eigenvalue weighted by molar-refractivity contribution is -0.384. The molecule has 6 nitrogen and oxygen atoms in total. The molecular formula is C20H16N2O4. The highest BCUT2D eigenvalue weighted by molar-refractivity contribution is 6.04. The molecule has 0 spiro atoms. The molecule has 0 aliphatic rings. The van der Waals surface area contributed by atoms with E-state index in [2.05, 4.69) is 5.32 Å². The van der Waals surface area contributed by atoms with Crippen molar-refractivity contribution in [2.45, 2.75) is 0 Å². The van der Waals surface area contributed by atoms with Crippen LogP contribution in [0.4, 0.5) is 11.4 Å². The largest absolute Gasteiger partial charge is 0.495 e. The zero-order valence-corrected chi connectivity index (χ0v) is 14.0. The van der Waals surface area contributed by atoms with Crippen molar-refractivity contribution >= 4 is 34.1 Å². The first-order valence-electron chi connectivity index (χ1n) is 7.88. The Balaban J connectivity index is 1.83. The van der Waals surface area contributed by atoms with Crippen molar-refractivity contribution < 1.29 is 14.5 Å². The van der Waals surface area contributed by atoms with E-state index in [-0.39, 0.29) is 11.4 Å². The maximum absolute atomic E-state index is 12.2. The summed E-state index contributed by atoms with van der Waals surface area (Å²) in [6.45, 7) is 0. The van der Waals surface area contributed by atoms with Crippen molar-refractivity contribution in [3.05, 3.63) is 82.4 Å². The molecule has 0 radical (unpaired) electrons. The minimum absolute atomic E-state index is 0.126. The summed E-state index contributed by atoms with van der Waals surface area (Å²) in [4.78, 5) is 22.6. The number of rotatable bonds is 5. The molecule has 3 aromatic rings. The number of nitrogens with zero attached hydrogens (tertiary/aromatic N) is 1. The number of non-ortho nitro benzene ring substituents is 1. The molecule has 1 amide bonds. The zero-order valence-electron chi connectivity index (χ0n) is 14.0. The fourth-order valence-electron chi connectivity index (χ4n) is 2.64. The van der Waals surface area contributed by atoms with Gasteiger partial charge in [0.25, 0.3) is 5.69 Å². The number of hydrogen-bond donors (Lipinski definition) is 1. The normalized spacial score (nSPS) is 10.8. The summed E-state index contributed by atoms with van der Waals surface area (Å²) in [5.41, 5.74) is 1.03. The van der Waals surface area contributed by atoms with Crippen LogP contribution in [0.15, 0.2) is 66.7 Å². The Labute approximate surface area is 149 Å². The van der Waals surface area contributed by atoms with Gasteiger partial charge in [-0.3, -0.25) is 14.9 Å². The standard InChI is InChI=1S/C20H16N2O4/c1-26-19-11-10-16(22(24)25)13-18(19)21-20(23)12-9-15-7-4-6-14-5-2-3-8-17(14)15/h2-13H,1H3,(H,21,23)/b12-9+. The zero-order chi connectivity index (χ0) is 18.5. The summed E-state index contributed by atoms with van der Waals surface area (Å²) in [6, 6.07) is 17.7. The molecule has 0 aliphatic heterocycles. The van der Waals surface area contributed by atoms with Crippen molar-refractivity contribution in [3.63, 3.8) is 0 Å². The Morgan fingerprint density at radius 3 is 2.65 bits per heavy atom. The Morgan fingerprint density at radius 2 is 1.88 bits per heavy atom. The van der Waals surface area contributed by atoms with Crippen LogP contribution >= 0.6 is 0 Å². The van der Waals surface area contributed by atoms with E-state index in [0.29, 0.717) is 5.75 Å². The number of nitro groups is 1. The molecule has 26 heavy (non-hydrogen) atoms. The van der Waals surface area contributed by atoms with Crippen LogP contribution in [0.2, 0.25) is 0 Å². The highest BCUT2D eigenvalue weighted by Gasteiger charge is 2.12. The molecular weight excluding hydrogens is 332 g/mol. The number of carbonyl (C=O) groups is 1. The van der Waals surface area contributed by atoms with Gasteiger partial charge in [-0.1, -0.05) is 42.5 Å². The number of benzene rings is 3. The molecule has 6 heteroatoms. The molecule has 0 fully saturated rings. The molecule has 0 saturated carbocycles. The monoisotopic (exact) mass is 348 g/mol. The minimum Gasteiger partial charge on any atom is -0.495 e. The first-order chi connectivity index (χ1) is 12.6. The van der Waals surface area contributed by atoms with Crippen LogP contribution in [0.25, 0.3) is 16.8 Å². The van der Waals surface area contributed by atoms with Gasteiger partial charge >= 0.3 is 0 Å². The lowest BCUT2D eigenvalue weighted by Crippen LogP contribution is -2.09. The molecule has 3 rings (SSSR count). The Hall–Kier alpha value is -3.67. The van der Waals surface area contributed by atoms with Gasteiger partial charge in [0.2, 0.25) is 5.91 Å². The van der Waals surface area contributed by atoms with Gasteiger partial charge in [-0.25, -0.2) is 0 Å². The van der Waals surface area contributed by atoms with E-state index < -0.39 is 10.8 Å². The summed E-state index contributed by atoms with van der Waals surface area (Å²) in [5, 5.41) is 15.6. The van der Waals surface area contributed by atoms with Gasteiger partial charge in [-0.15, -0.1) is 0 Å². The SMILES string of the molecule is COc1ccc([N+](=O)[O-])cc1NC(=O)/C=C/c1cccc2ccccc12. The van der Waals surface area contributed by atoms with E-state index in [1.807, 2.05) is 42.5 Å². The molecule has 0 aliphatic carbocycles. The van der Waals surface area contributed by atoms with E-state index in [9.17, 15) is 14.9 Å². The van der Waals surface area contributed by atoms with Gasteiger partial charge in [-0.05, 0) is 28.5 Å². The Kier molecular flexibility index (Phi) is 4.94. The number of amides is 1. The summed E-state index contributed by atoms with van der Waals surface area (Å²) < 4.78 is 5.14. The molecule has 0 saturated heterocycles. The van der Waals surface area contributed by atoms with Crippen molar-refractivity contribution in [1.29, 1.82) is 0 Å². The third-order valence-electron chi connectivity index (χ3n) is 3.89. The number of anilines is 1. The van der Waals surface area contributed by atoms with Crippen LogP contribution in [-0.4, -0.2) is 17.9 Å². The van der Waals surface area contributed by atoms with Crippen LogP contribution < -0.4 is 10.1 Å². The molecule has 0 bridgehead atoms.